The molecule has 1 aliphatic rings. The topological polar surface area (TPSA) is 56.8 Å². The molecule has 5 nitrogen and oxygen atoms in total. The van der Waals surface area contributed by atoms with E-state index in [4.69, 9.17) is 0 Å². The summed E-state index contributed by atoms with van der Waals surface area (Å²) in [6.45, 7) is 3.67. The van der Waals surface area contributed by atoms with Crippen molar-refractivity contribution in [3.63, 3.8) is 0 Å². The SMILES string of the molecule is CC1CN(c2n[nH]c(C(F)(F)C(F)F)n2)CCN1. The van der Waals surface area contributed by atoms with Crippen LogP contribution in [0, 0.1) is 0 Å². The zero-order valence-electron chi connectivity index (χ0n) is 9.63. The van der Waals surface area contributed by atoms with E-state index >= 15 is 0 Å². The van der Waals surface area contributed by atoms with Gasteiger partial charge in [-0.3, -0.25) is 5.10 Å². The molecule has 1 aromatic rings. The molecule has 1 atom stereocenters. The molecule has 102 valence electrons. The van der Waals surface area contributed by atoms with E-state index < -0.39 is 18.2 Å². The maximum atomic E-state index is 13.0. The molecule has 2 N–H and O–H groups in total. The fourth-order valence-corrected chi connectivity index (χ4v) is 1.76. The van der Waals surface area contributed by atoms with E-state index in [0.29, 0.717) is 19.6 Å². The third-order valence-electron chi connectivity index (χ3n) is 2.72. The number of nitrogens with one attached hydrogen (secondary N) is 2. The van der Waals surface area contributed by atoms with Gasteiger partial charge in [0.15, 0.2) is 0 Å². The second-order valence-corrected chi connectivity index (χ2v) is 4.21. The van der Waals surface area contributed by atoms with Crippen molar-refractivity contribution in [3.05, 3.63) is 5.82 Å². The summed E-state index contributed by atoms with van der Waals surface area (Å²) in [5, 5.41) is 8.62. The number of piperazine rings is 1. The molecule has 1 unspecified atom stereocenters. The van der Waals surface area contributed by atoms with E-state index in [1.807, 2.05) is 12.0 Å². The van der Waals surface area contributed by atoms with Crippen LogP contribution >= 0.6 is 0 Å². The summed E-state index contributed by atoms with van der Waals surface area (Å²) in [5.41, 5.74) is 0. The second-order valence-electron chi connectivity index (χ2n) is 4.21. The molecule has 0 aromatic carbocycles. The van der Waals surface area contributed by atoms with Gasteiger partial charge in [0.25, 0.3) is 0 Å². The molecule has 0 spiro atoms. The molecule has 0 amide bonds. The fraction of sp³-hybridized carbons (Fsp3) is 0.778. The molecule has 18 heavy (non-hydrogen) atoms. The van der Waals surface area contributed by atoms with Gasteiger partial charge in [-0.2, -0.15) is 13.8 Å². The highest BCUT2D eigenvalue weighted by atomic mass is 19.3. The van der Waals surface area contributed by atoms with Crippen LogP contribution in [0.2, 0.25) is 0 Å². The standard InChI is InChI=1S/C9H13F4N5/c1-5-4-18(3-2-14-5)8-15-7(16-17-8)9(12,13)6(10)11/h5-6,14H,2-4H2,1H3,(H,15,16,17). The van der Waals surface area contributed by atoms with Crippen LogP contribution < -0.4 is 10.2 Å². The number of nitrogens with zero attached hydrogens (tertiary/aromatic N) is 3. The molecule has 0 radical (unpaired) electrons. The van der Waals surface area contributed by atoms with Crippen LogP contribution in [0.1, 0.15) is 12.7 Å². The summed E-state index contributed by atoms with van der Waals surface area (Å²) >= 11 is 0. The summed E-state index contributed by atoms with van der Waals surface area (Å²) in [5.74, 6) is -5.37. The van der Waals surface area contributed by atoms with Gasteiger partial charge in [-0.1, -0.05) is 0 Å². The summed E-state index contributed by atoms with van der Waals surface area (Å²) in [6.07, 6.45) is -3.81. The van der Waals surface area contributed by atoms with E-state index in [1.165, 1.54) is 0 Å². The molecule has 1 saturated heterocycles. The average molecular weight is 267 g/mol. The minimum Gasteiger partial charge on any atom is -0.337 e. The van der Waals surface area contributed by atoms with E-state index in [-0.39, 0.29) is 12.0 Å². The van der Waals surface area contributed by atoms with Crippen LogP contribution in [0.3, 0.4) is 0 Å². The first-order valence-corrected chi connectivity index (χ1v) is 5.48. The Balaban J connectivity index is 2.15. The molecule has 2 rings (SSSR count). The van der Waals surface area contributed by atoms with Crippen molar-refractivity contribution >= 4 is 5.95 Å². The number of rotatable bonds is 3. The van der Waals surface area contributed by atoms with Crippen molar-refractivity contribution in [1.82, 2.24) is 20.5 Å². The lowest BCUT2D eigenvalue weighted by molar-refractivity contribution is -0.140. The Morgan fingerprint density at radius 1 is 1.44 bits per heavy atom. The number of hydrogen-bond donors (Lipinski definition) is 2. The van der Waals surface area contributed by atoms with Crippen LogP contribution in [-0.2, 0) is 5.92 Å². The van der Waals surface area contributed by atoms with Gasteiger partial charge in [0.1, 0.15) is 0 Å². The quantitative estimate of drug-likeness (QED) is 0.801. The summed E-state index contributed by atoms with van der Waals surface area (Å²) in [6, 6.07) is 0.163. The Kier molecular flexibility index (Phi) is 3.42. The van der Waals surface area contributed by atoms with E-state index in [0.717, 1.165) is 0 Å². The third-order valence-corrected chi connectivity index (χ3v) is 2.72. The number of alkyl halides is 4. The Bertz CT molecular complexity index is 407. The maximum absolute atomic E-state index is 13.0. The Morgan fingerprint density at radius 3 is 2.78 bits per heavy atom. The number of aromatic nitrogens is 3. The van der Waals surface area contributed by atoms with E-state index in [9.17, 15) is 17.6 Å². The van der Waals surface area contributed by atoms with Gasteiger partial charge < -0.3 is 10.2 Å². The molecular formula is C9H13F4N5. The maximum Gasteiger partial charge on any atom is 0.365 e. The molecule has 2 heterocycles. The predicted molar refractivity (Wildman–Crippen MR) is 56.0 cm³/mol. The zero-order valence-corrected chi connectivity index (χ0v) is 9.63. The van der Waals surface area contributed by atoms with Gasteiger partial charge in [-0.05, 0) is 6.92 Å². The van der Waals surface area contributed by atoms with Crippen molar-refractivity contribution < 1.29 is 17.6 Å². The third kappa shape index (κ3) is 2.40. The van der Waals surface area contributed by atoms with Crippen molar-refractivity contribution in [3.8, 4) is 0 Å². The molecule has 9 heteroatoms. The van der Waals surface area contributed by atoms with Crippen molar-refractivity contribution in [1.29, 1.82) is 0 Å². The number of halogens is 4. The Labute approximate surface area is 101 Å². The van der Waals surface area contributed by atoms with Crippen LogP contribution in [0.25, 0.3) is 0 Å². The number of aromatic amines is 1. The highest BCUT2D eigenvalue weighted by Crippen LogP contribution is 2.32. The van der Waals surface area contributed by atoms with Gasteiger partial charge in [-0.25, -0.2) is 8.78 Å². The lowest BCUT2D eigenvalue weighted by Gasteiger charge is -2.30. The number of hydrogen-bond acceptors (Lipinski definition) is 4. The van der Waals surface area contributed by atoms with Crippen LogP contribution in [-0.4, -0.2) is 47.3 Å². The van der Waals surface area contributed by atoms with Gasteiger partial charge in [0, 0.05) is 25.7 Å². The number of anilines is 1. The van der Waals surface area contributed by atoms with Gasteiger partial charge >= 0.3 is 12.3 Å². The lowest BCUT2D eigenvalue weighted by Crippen LogP contribution is -2.49. The highest BCUT2D eigenvalue weighted by molar-refractivity contribution is 5.30. The molecule has 0 saturated carbocycles. The Hall–Kier alpha value is -1.38. The summed E-state index contributed by atoms with van der Waals surface area (Å²) in [4.78, 5) is 5.13. The summed E-state index contributed by atoms with van der Waals surface area (Å²) in [7, 11) is 0. The first-order valence-electron chi connectivity index (χ1n) is 5.48. The van der Waals surface area contributed by atoms with Gasteiger partial charge in [-0.15, -0.1) is 5.10 Å². The summed E-state index contributed by atoms with van der Waals surface area (Å²) < 4.78 is 50.3. The van der Waals surface area contributed by atoms with Crippen molar-refractivity contribution in [2.24, 2.45) is 0 Å². The first kappa shape index (κ1) is 13.1. The first-order chi connectivity index (χ1) is 8.41. The molecule has 1 fully saturated rings. The fourth-order valence-electron chi connectivity index (χ4n) is 1.76. The van der Waals surface area contributed by atoms with E-state index in [2.05, 4.69) is 15.4 Å². The molecule has 1 aliphatic heterocycles. The van der Waals surface area contributed by atoms with Gasteiger partial charge in [0.2, 0.25) is 11.8 Å². The molecule has 0 aliphatic carbocycles. The zero-order chi connectivity index (χ0) is 13.3. The average Bonchev–Trinajstić information content (AvgIpc) is 2.78. The largest absolute Gasteiger partial charge is 0.365 e. The van der Waals surface area contributed by atoms with Crippen molar-refractivity contribution in [2.75, 3.05) is 24.5 Å². The minimum absolute atomic E-state index is 0.0266. The molecule has 0 bridgehead atoms. The minimum atomic E-state index is -4.30. The lowest BCUT2D eigenvalue weighted by atomic mass is 10.2. The van der Waals surface area contributed by atoms with Crippen LogP contribution in [0.15, 0.2) is 0 Å². The van der Waals surface area contributed by atoms with Crippen LogP contribution in [0.4, 0.5) is 23.5 Å². The Morgan fingerprint density at radius 2 is 2.17 bits per heavy atom. The molecule has 1 aromatic heterocycles. The predicted octanol–water partition coefficient (Wildman–Crippen LogP) is 0.960. The van der Waals surface area contributed by atoms with Gasteiger partial charge in [0.05, 0.1) is 0 Å². The second kappa shape index (κ2) is 4.71. The normalized spacial score (nSPS) is 21.7. The smallest absolute Gasteiger partial charge is 0.337 e. The van der Waals surface area contributed by atoms with Crippen molar-refractivity contribution in [2.45, 2.75) is 25.3 Å². The van der Waals surface area contributed by atoms with E-state index in [1.54, 1.807) is 4.90 Å². The highest BCUT2D eigenvalue weighted by Gasteiger charge is 2.46. The van der Waals surface area contributed by atoms with Crippen LogP contribution in [0.5, 0.6) is 0 Å². The monoisotopic (exact) mass is 267 g/mol. The molecular weight excluding hydrogens is 254 g/mol. The number of H-pyrrole nitrogens is 1.